The molecule has 5 rings (SSSR count). The summed E-state index contributed by atoms with van der Waals surface area (Å²) in [6.45, 7) is -0.0878. The number of aliphatic hydroxyl groups is 1. The van der Waals surface area contributed by atoms with E-state index < -0.39 is 17.8 Å². The van der Waals surface area contributed by atoms with Crippen LogP contribution in [0.3, 0.4) is 0 Å². The van der Waals surface area contributed by atoms with Crippen molar-refractivity contribution in [1.82, 2.24) is 5.32 Å². The topological polar surface area (TPSA) is 110 Å². The van der Waals surface area contributed by atoms with Crippen LogP contribution in [0, 0.1) is 17.8 Å². The number of carbonyl (C=O) groups is 4. The molecule has 0 saturated carbocycles. The van der Waals surface area contributed by atoms with Crippen LogP contribution in [0.15, 0.2) is 57.6 Å². The SMILES string of the molecule is O=C1C=C(Br)C(=O)C2=C1C(c1ccccc1OCCO)C1=CCC3C(=O)NC(=O)C3C1C2. The van der Waals surface area contributed by atoms with Crippen LogP contribution in [-0.2, 0) is 19.2 Å². The molecule has 2 N–H and O–H groups in total. The van der Waals surface area contributed by atoms with Crippen molar-refractivity contribution in [1.29, 1.82) is 0 Å². The summed E-state index contributed by atoms with van der Waals surface area (Å²) in [6.07, 6.45) is 3.87. The molecule has 0 spiro atoms. The number of nitrogens with one attached hydrogen (secondary N) is 1. The Hall–Kier alpha value is -2.84. The molecule has 3 aliphatic carbocycles. The van der Waals surface area contributed by atoms with Crippen LogP contribution in [0.2, 0.25) is 0 Å². The first kappa shape index (κ1) is 21.0. The lowest BCUT2D eigenvalue weighted by atomic mass is 9.59. The van der Waals surface area contributed by atoms with Crippen molar-refractivity contribution in [2.75, 3.05) is 13.2 Å². The van der Waals surface area contributed by atoms with E-state index in [4.69, 9.17) is 4.74 Å². The third kappa shape index (κ3) is 3.12. The molecule has 4 atom stereocenters. The van der Waals surface area contributed by atoms with Crippen molar-refractivity contribution in [3.63, 3.8) is 0 Å². The van der Waals surface area contributed by atoms with Crippen molar-refractivity contribution in [3.8, 4) is 5.75 Å². The molecule has 1 fully saturated rings. The maximum atomic E-state index is 13.2. The minimum absolute atomic E-state index is 0.0814. The van der Waals surface area contributed by atoms with Crippen molar-refractivity contribution >= 4 is 39.3 Å². The van der Waals surface area contributed by atoms with Crippen LogP contribution in [0.5, 0.6) is 5.75 Å². The molecule has 0 radical (unpaired) electrons. The third-order valence-corrected chi connectivity index (χ3v) is 7.34. The summed E-state index contributed by atoms with van der Waals surface area (Å²) < 4.78 is 5.94. The Kier molecular flexibility index (Phi) is 5.22. The number of fused-ring (bicyclic) bond motifs is 3. The van der Waals surface area contributed by atoms with Crippen molar-refractivity contribution in [3.05, 3.63) is 63.2 Å². The van der Waals surface area contributed by atoms with Gasteiger partial charge in [-0.3, -0.25) is 24.5 Å². The summed E-state index contributed by atoms with van der Waals surface area (Å²) in [5.74, 6) is -2.63. The Balaban J connectivity index is 1.71. The number of amides is 2. The lowest BCUT2D eigenvalue weighted by Crippen LogP contribution is -2.39. The number of hydrogen-bond donors (Lipinski definition) is 2. The van der Waals surface area contributed by atoms with Gasteiger partial charge >= 0.3 is 0 Å². The molecule has 1 aliphatic heterocycles. The first-order valence-electron chi connectivity index (χ1n) is 10.5. The Bertz CT molecular complexity index is 1160. The zero-order valence-corrected chi connectivity index (χ0v) is 18.6. The lowest BCUT2D eigenvalue weighted by Gasteiger charge is -2.42. The van der Waals surface area contributed by atoms with Crippen LogP contribution < -0.4 is 10.1 Å². The second-order valence-corrected chi connectivity index (χ2v) is 9.21. The normalized spacial score (nSPS) is 29.1. The van der Waals surface area contributed by atoms with Gasteiger partial charge in [-0.15, -0.1) is 0 Å². The van der Waals surface area contributed by atoms with Crippen molar-refractivity contribution in [2.24, 2.45) is 17.8 Å². The molecule has 0 aromatic heterocycles. The third-order valence-electron chi connectivity index (χ3n) is 6.75. The van der Waals surface area contributed by atoms with Crippen molar-refractivity contribution in [2.45, 2.75) is 18.8 Å². The first-order valence-corrected chi connectivity index (χ1v) is 11.3. The van der Waals surface area contributed by atoms with Crippen LogP contribution >= 0.6 is 15.9 Å². The minimum atomic E-state index is -0.573. The molecule has 2 amide bonds. The van der Waals surface area contributed by atoms with E-state index in [1.807, 2.05) is 18.2 Å². The number of ketones is 2. The molecule has 4 aliphatic rings. The molecule has 8 heteroatoms. The Morgan fingerprint density at radius 1 is 1.09 bits per heavy atom. The highest BCUT2D eigenvalue weighted by Crippen LogP contribution is 2.55. The monoisotopic (exact) mass is 497 g/mol. The number of Topliss-reactive ketones (excluding diaryl/α,β-unsaturated/α-hetero) is 1. The van der Waals surface area contributed by atoms with Gasteiger partial charge in [0, 0.05) is 28.7 Å². The molecule has 1 aromatic carbocycles. The molecule has 4 unspecified atom stereocenters. The van der Waals surface area contributed by atoms with Gasteiger partial charge in [0.2, 0.25) is 11.8 Å². The smallest absolute Gasteiger partial charge is 0.231 e. The summed E-state index contributed by atoms with van der Waals surface area (Å²) in [5, 5.41) is 11.7. The number of halogens is 1. The fraction of sp³-hybridized carbons (Fsp3) is 0.333. The highest BCUT2D eigenvalue weighted by atomic mass is 79.9. The number of aliphatic hydroxyl groups excluding tert-OH is 1. The molecule has 32 heavy (non-hydrogen) atoms. The van der Waals surface area contributed by atoms with Gasteiger partial charge in [-0.2, -0.15) is 0 Å². The predicted octanol–water partition coefficient (Wildman–Crippen LogP) is 2.11. The highest BCUT2D eigenvalue weighted by molar-refractivity contribution is 9.12. The van der Waals surface area contributed by atoms with Gasteiger partial charge in [-0.1, -0.05) is 29.8 Å². The number of rotatable bonds is 4. The van der Waals surface area contributed by atoms with Gasteiger partial charge in [0.25, 0.3) is 0 Å². The van der Waals surface area contributed by atoms with E-state index in [9.17, 15) is 24.3 Å². The number of hydrogen-bond acceptors (Lipinski definition) is 6. The molecular formula is C24H20BrNO6. The second kappa shape index (κ2) is 7.94. The standard InChI is InChI=1S/C24H20BrNO6/c25-16-10-17(28)21-15(22(16)29)9-14-11(5-6-13-20(14)24(31)26-23(13)30)19(21)12-3-1-2-4-18(12)32-8-7-27/h1-5,10,13-14,19-20,27H,6-9H2,(H,26,30,31). The van der Waals surface area contributed by atoms with Gasteiger partial charge in [0.15, 0.2) is 11.6 Å². The van der Waals surface area contributed by atoms with Gasteiger partial charge in [0.1, 0.15) is 12.4 Å². The van der Waals surface area contributed by atoms with Crippen LogP contribution in [-0.4, -0.2) is 41.7 Å². The molecule has 1 heterocycles. The van der Waals surface area contributed by atoms with E-state index >= 15 is 0 Å². The number of benzene rings is 1. The molecule has 7 nitrogen and oxygen atoms in total. The van der Waals surface area contributed by atoms with E-state index in [0.717, 1.165) is 5.57 Å². The fourth-order valence-corrected chi connectivity index (χ4v) is 5.93. The largest absolute Gasteiger partial charge is 0.491 e. The second-order valence-electron chi connectivity index (χ2n) is 8.36. The average molecular weight is 498 g/mol. The predicted molar refractivity (Wildman–Crippen MR) is 117 cm³/mol. The van der Waals surface area contributed by atoms with Gasteiger partial charge in [-0.25, -0.2) is 0 Å². The Morgan fingerprint density at radius 3 is 2.66 bits per heavy atom. The highest BCUT2D eigenvalue weighted by Gasteiger charge is 2.53. The zero-order valence-electron chi connectivity index (χ0n) is 17.0. The van der Waals surface area contributed by atoms with Crippen LogP contribution in [0.1, 0.15) is 24.3 Å². The number of imide groups is 1. The quantitative estimate of drug-likeness (QED) is 0.374. The molecule has 1 aromatic rings. The summed E-state index contributed by atoms with van der Waals surface area (Å²) >= 11 is 3.20. The summed E-state index contributed by atoms with van der Waals surface area (Å²) in [4.78, 5) is 51.2. The molecule has 0 bridgehead atoms. The molecule has 1 saturated heterocycles. The fourth-order valence-electron chi connectivity index (χ4n) is 5.48. The van der Waals surface area contributed by atoms with Crippen LogP contribution in [0.4, 0.5) is 0 Å². The summed E-state index contributed by atoms with van der Waals surface area (Å²) in [7, 11) is 0. The number of allylic oxidation sites excluding steroid dienone is 6. The van der Waals surface area contributed by atoms with E-state index in [0.29, 0.717) is 28.9 Å². The lowest BCUT2D eigenvalue weighted by molar-refractivity contribution is -0.126. The van der Waals surface area contributed by atoms with Crippen LogP contribution in [0.25, 0.3) is 0 Å². The molecular weight excluding hydrogens is 478 g/mol. The maximum Gasteiger partial charge on any atom is 0.231 e. The van der Waals surface area contributed by atoms with E-state index in [2.05, 4.69) is 21.2 Å². The zero-order chi connectivity index (χ0) is 22.6. The Morgan fingerprint density at radius 2 is 1.88 bits per heavy atom. The van der Waals surface area contributed by atoms with E-state index in [-0.39, 0.29) is 53.4 Å². The summed E-state index contributed by atoms with van der Waals surface area (Å²) in [6, 6.07) is 7.21. The van der Waals surface area contributed by atoms with E-state index in [1.165, 1.54) is 6.08 Å². The maximum absolute atomic E-state index is 13.2. The first-order chi connectivity index (χ1) is 15.4. The van der Waals surface area contributed by atoms with Gasteiger partial charge < -0.3 is 9.84 Å². The van der Waals surface area contributed by atoms with Gasteiger partial charge in [0.05, 0.1) is 22.9 Å². The Labute approximate surface area is 192 Å². The molecule has 164 valence electrons. The number of carbonyl (C=O) groups excluding carboxylic acids is 4. The minimum Gasteiger partial charge on any atom is -0.491 e. The van der Waals surface area contributed by atoms with Gasteiger partial charge in [-0.05, 0) is 40.8 Å². The average Bonchev–Trinajstić information content (AvgIpc) is 3.08. The van der Waals surface area contributed by atoms with E-state index in [1.54, 1.807) is 12.1 Å². The number of ether oxygens (including phenoxy) is 1. The summed E-state index contributed by atoms with van der Waals surface area (Å²) in [5.41, 5.74) is 2.33. The number of para-hydroxylation sites is 1. The van der Waals surface area contributed by atoms with Crippen molar-refractivity contribution < 1.29 is 29.0 Å².